The van der Waals surface area contributed by atoms with Crippen LogP contribution in [0.15, 0.2) is 24.3 Å². The van der Waals surface area contributed by atoms with E-state index in [9.17, 15) is 4.79 Å². The van der Waals surface area contributed by atoms with Crippen molar-refractivity contribution in [2.75, 3.05) is 13.7 Å². The molecule has 1 aromatic carbocycles. The number of halogens is 1. The van der Waals surface area contributed by atoms with E-state index >= 15 is 0 Å². The second kappa shape index (κ2) is 8.90. The third-order valence-corrected chi connectivity index (χ3v) is 3.87. The van der Waals surface area contributed by atoms with E-state index in [1.807, 2.05) is 31.2 Å². The Labute approximate surface area is 133 Å². The summed E-state index contributed by atoms with van der Waals surface area (Å²) < 4.78 is 5.33. The summed E-state index contributed by atoms with van der Waals surface area (Å²) in [7, 11) is 1.65. The van der Waals surface area contributed by atoms with Crippen LogP contribution in [0.4, 0.5) is 0 Å². The third-order valence-electron chi connectivity index (χ3n) is 3.87. The van der Waals surface area contributed by atoms with Crippen molar-refractivity contribution in [3.05, 3.63) is 29.8 Å². The number of benzene rings is 1. The maximum Gasteiger partial charge on any atom is 0.220 e. The lowest BCUT2D eigenvalue weighted by atomic mass is 10.1. The zero-order chi connectivity index (χ0) is 14.4. The molecule has 21 heavy (non-hydrogen) atoms. The van der Waals surface area contributed by atoms with Gasteiger partial charge in [0.2, 0.25) is 5.91 Å². The Morgan fingerprint density at radius 2 is 2.24 bits per heavy atom. The van der Waals surface area contributed by atoms with Crippen molar-refractivity contribution >= 4 is 18.3 Å². The van der Waals surface area contributed by atoms with E-state index in [-0.39, 0.29) is 24.4 Å². The van der Waals surface area contributed by atoms with Crippen molar-refractivity contribution in [2.45, 2.75) is 44.7 Å². The molecule has 1 aliphatic heterocycles. The Hall–Kier alpha value is -1.26. The van der Waals surface area contributed by atoms with E-state index < -0.39 is 0 Å². The zero-order valence-corrected chi connectivity index (χ0v) is 13.5. The van der Waals surface area contributed by atoms with E-state index in [4.69, 9.17) is 4.74 Å². The topological polar surface area (TPSA) is 50.4 Å². The van der Waals surface area contributed by atoms with Crippen LogP contribution in [0.1, 0.15) is 44.2 Å². The minimum absolute atomic E-state index is 0. The van der Waals surface area contributed by atoms with Crippen LogP contribution in [-0.4, -0.2) is 25.6 Å². The first-order chi connectivity index (χ1) is 9.70. The molecule has 2 rings (SSSR count). The molecule has 2 atom stereocenters. The van der Waals surface area contributed by atoms with Crippen molar-refractivity contribution in [3.8, 4) is 5.75 Å². The van der Waals surface area contributed by atoms with Crippen LogP contribution < -0.4 is 15.4 Å². The van der Waals surface area contributed by atoms with Crippen molar-refractivity contribution in [1.29, 1.82) is 0 Å². The van der Waals surface area contributed by atoms with Gasteiger partial charge in [-0.2, -0.15) is 0 Å². The van der Waals surface area contributed by atoms with Gasteiger partial charge in [-0.1, -0.05) is 18.2 Å². The highest BCUT2D eigenvalue weighted by Gasteiger charge is 2.17. The zero-order valence-electron chi connectivity index (χ0n) is 12.7. The van der Waals surface area contributed by atoms with E-state index in [1.165, 1.54) is 12.8 Å². The molecular formula is C16H25ClN2O2. The van der Waals surface area contributed by atoms with E-state index in [0.29, 0.717) is 12.5 Å². The number of methoxy groups -OCH3 is 1. The molecule has 0 bridgehead atoms. The summed E-state index contributed by atoms with van der Waals surface area (Å²) in [4.78, 5) is 12.0. The van der Waals surface area contributed by atoms with Crippen molar-refractivity contribution in [3.63, 3.8) is 0 Å². The first-order valence-corrected chi connectivity index (χ1v) is 7.36. The fraction of sp³-hybridized carbons (Fsp3) is 0.562. The second-order valence-electron chi connectivity index (χ2n) is 5.36. The second-order valence-corrected chi connectivity index (χ2v) is 5.36. The molecule has 0 aromatic heterocycles. The SMILES string of the molecule is COc1ccccc1C(C)NC(=O)CCC1CCCN1.Cl. The van der Waals surface area contributed by atoms with Gasteiger partial charge < -0.3 is 15.4 Å². The quantitative estimate of drug-likeness (QED) is 0.849. The predicted octanol–water partition coefficient (Wildman–Crippen LogP) is 2.83. The molecule has 1 aliphatic rings. The summed E-state index contributed by atoms with van der Waals surface area (Å²) in [5.41, 5.74) is 1.02. The molecule has 1 fully saturated rings. The van der Waals surface area contributed by atoms with Gasteiger partial charge in [0.15, 0.2) is 0 Å². The van der Waals surface area contributed by atoms with Crippen molar-refractivity contribution in [2.24, 2.45) is 0 Å². The molecule has 1 saturated heterocycles. The predicted molar refractivity (Wildman–Crippen MR) is 87.1 cm³/mol. The summed E-state index contributed by atoms with van der Waals surface area (Å²) in [6.45, 7) is 3.08. The number of hydrogen-bond donors (Lipinski definition) is 2. The minimum Gasteiger partial charge on any atom is -0.496 e. The molecule has 2 unspecified atom stereocenters. The largest absolute Gasteiger partial charge is 0.496 e. The normalized spacial score (nSPS) is 18.7. The fourth-order valence-corrected chi connectivity index (χ4v) is 2.72. The average Bonchev–Trinajstić information content (AvgIpc) is 2.98. The van der Waals surface area contributed by atoms with Crippen LogP contribution in [0.25, 0.3) is 0 Å². The number of ether oxygens (including phenoxy) is 1. The number of amides is 1. The van der Waals surface area contributed by atoms with Gasteiger partial charge in [-0.3, -0.25) is 4.79 Å². The molecular weight excluding hydrogens is 288 g/mol. The minimum atomic E-state index is -0.0322. The van der Waals surface area contributed by atoms with Crippen LogP contribution in [0.3, 0.4) is 0 Å². The van der Waals surface area contributed by atoms with Crippen LogP contribution in [0.5, 0.6) is 5.75 Å². The highest BCUT2D eigenvalue weighted by atomic mass is 35.5. The van der Waals surface area contributed by atoms with Crippen LogP contribution in [-0.2, 0) is 4.79 Å². The van der Waals surface area contributed by atoms with E-state index in [2.05, 4.69) is 10.6 Å². The Balaban J connectivity index is 0.00000220. The molecule has 118 valence electrons. The highest BCUT2D eigenvalue weighted by molar-refractivity contribution is 5.85. The fourth-order valence-electron chi connectivity index (χ4n) is 2.72. The molecule has 0 aliphatic carbocycles. The van der Waals surface area contributed by atoms with Crippen LogP contribution in [0, 0.1) is 0 Å². The van der Waals surface area contributed by atoms with Crippen molar-refractivity contribution in [1.82, 2.24) is 10.6 Å². The maximum atomic E-state index is 12.0. The summed E-state index contributed by atoms with van der Waals surface area (Å²) in [5.74, 6) is 0.926. The summed E-state index contributed by atoms with van der Waals surface area (Å²) >= 11 is 0. The van der Waals surface area contributed by atoms with Gasteiger partial charge in [-0.15, -0.1) is 12.4 Å². The van der Waals surface area contributed by atoms with E-state index in [1.54, 1.807) is 7.11 Å². The molecule has 1 aromatic rings. The van der Waals surface area contributed by atoms with Gasteiger partial charge in [0.1, 0.15) is 5.75 Å². The number of rotatable bonds is 6. The molecule has 0 spiro atoms. The number of carbonyl (C=O) groups excluding carboxylic acids is 1. The maximum absolute atomic E-state index is 12.0. The van der Waals surface area contributed by atoms with Gasteiger partial charge in [-0.05, 0) is 38.8 Å². The van der Waals surface area contributed by atoms with Gasteiger partial charge in [0, 0.05) is 18.0 Å². The summed E-state index contributed by atoms with van der Waals surface area (Å²) in [5, 5.41) is 6.46. The number of carbonyl (C=O) groups is 1. The molecule has 1 heterocycles. The van der Waals surface area contributed by atoms with Crippen LogP contribution in [0.2, 0.25) is 0 Å². The van der Waals surface area contributed by atoms with Gasteiger partial charge in [-0.25, -0.2) is 0 Å². The van der Waals surface area contributed by atoms with Crippen molar-refractivity contribution < 1.29 is 9.53 Å². The molecule has 2 N–H and O–H groups in total. The molecule has 1 amide bonds. The lowest BCUT2D eigenvalue weighted by molar-refractivity contribution is -0.121. The lowest BCUT2D eigenvalue weighted by Gasteiger charge is -2.18. The molecule has 5 heteroatoms. The van der Waals surface area contributed by atoms with Gasteiger partial charge >= 0.3 is 0 Å². The summed E-state index contributed by atoms with van der Waals surface area (Å²) in [6, 6.07) is 8.28. The lowest BCUT2D eigenvalue weighted by Crippen LogP contribution is -2.29. The highest BCUT2D eigenvalue weighted by Crippen LogP contribution is 2.24. The van der Waals surface area contributed by atoms with Gasteiger partial charge in [0.05, 0.1) is 13.2 Å². The Bertz CT molecular complexity index is 448. The molecule has 0 radical (unpaired) electrons. The third kappa shape index (κ3) is 5.21. The van der Waals surface area contributed by atoms with E-state index in [0.717, 1.165) is 24.3 Å². The monoisotopic (exact) mass is 312 g/mol. The molecule has 4 nitrogen and oxygen atoms in total. The molecule has 0 saturated carbocycles. The summed E-state index contributed by atoms with van der Waals surface area (Å²) in [6.07, 6.45) is 3.92. The van der Waals surface area contributed by atoms with Crippen LogP contribution >= 0.6 is 12.4 Å². The first-order valence-electron chi connectivity index (χ1n) is 7.36. The smallest absolute Gasteiger partial charge is 0.220 e. The van der Waals surface area contributed by atoms with Gasteiger partial charge in [0.25, 0.3) is 0 Å². The number of nitrogens with one attached hydrogen (secondary N) is 2. The standard InChI is InChI=1S/C16H24N2O2.ClH/c1-12(14-7-3-4-8-15(14)20-2)18-16(19)10-9-13-6-5-11-17-13;/h3-4,7-8,12-13,17H,5-6,9-11H2,1-2H3,(H,18,19);1H. The average molecular weight is 313 g/mol. The Morgan fingerprint density at radius 1 is 1.48 bits per heavy atom. The first kappa shape index (κ1) is 17.8. The number of para-hydroxylation sites is 1. The number of hydrogen-bond acceptors (Lipinski definition) is 3. The Morgan fingerprint density at radius 3 is 2.90 bits per heavy atom. The Kier molecular flexibility index (Phi) is 7.54.